The zero-order valence-electron chi connectivity index (χ0n) is 8.84. The first-order valence-electron chi connectivity index (χ1n) is 5.16. The van der Waals surface area contributed by atoms with Gasteiger partial charge in [0.1, 0.15) is 6.10 Å². The molecule has 1 saturated carbocycles. The van der Waals surface area contributed by atoms with E-state index in [1.807, 2.05) is 13.8 Å². The van der Waals surface area contributed by atoms with Gasteiger partial charge in [-0.1, -0.05) is 13.8 Å². The highest BCUT2D eigenvalue weighted by Crippen LogP contribution is 2.21. The van der Waals surface area contributed by atoms with Crippen molar-refractivity contribution in [2.75, 3.05) is 6.61 Å². The largest absolute Gasteiger partial charge is 0.508 e. The number of rotatable bonds is 2. The van der Waals surface area contributed by atoms with Gasteiger partial charge in [-0.3, -0.25) is 0 Å². The lowest BCUT2D eigenvalue weighted by Gasteiger charge is -2.09. The monoisotopic (exact) mass is 188 g/mol. The Morgan fingerprint density at radius 3 is 2.31 bits per heavy atom. The summed E-state index contributed by atoms with van der Waals surface area (Å²) in [5.41, 5.74) is 0. The lowest BCUT2D eigenvalue weighted by molar-refractivity contribution is 0.0287. The fraction of sp³-hybridized carbons (Fsp3) is 0.900. The van der Waals surface area contributed by atoms with Crippen LogP contribution in [-0.4, -0.2) is 18.9 Å². The van der Waals surface area contributed by atoms with Gasteiger partial charge in [-0.05, 0) is 32.6 Å². The van der Waals surface area contributed by atoms with Crippen molar-refractivity contribution in [1.29, 1.82) is 0 Å². The fourth-order valence-electron chi connectivity index (χ4n) is 1.29. The van der Waals surface area contributed by atoms with Crippen molar-refractivity contribution in [1.82, 2.24) is 0 Å². The third kappa shape index (κ3) is 5.50. The van der Waals surface area contributed by atoms with Gasteiger partial charge in [0.25, 0.3) is 0 Å². The third-order valence-electron chi connectivity index (χ3n) is 1.83. The van der Waals surface area contributed by atoms with E-state index in [4.69, 9.17) is 4.74 Å². The molecular formula is C10H20O3. The lowest BCUT2D eigenvalue weighted by Crippen LogP contribution is -2.15. The van der Waals surface area contributed by atoms with E-state index < -0.39 is 6.16 Å². The molecule has 0 aliphatic heterocycles. The van der Waals surface area contributed by atoms with Crippen LogP contribution in [-0.2, 0) is 9.47 Å². The van der Waals surface area contributed by atoms with Crippen LogP contribution in [0.2, 0.25) is 0 Å². The molecule has 0 amide bonds. The summed E-state index contributed by atoms with van der Waals surface area (Å²) in [4.78, 5) is 10.8. The maximum atomic E-state index is 10.8. The van der Waals surface area contributed by atoms with Gasteiger partial charge in [0.2, 0.25) is 0 Å². The highest BCUT2D eigenvalue weighted by Gasteiger charge is 2.19. The minimum absolute atomic E-state index is 0.119. The molecule has 1 aliphatic rings. The van der Waals surface area contributed by atoms with Crippen LogP contribution in [0.1, 0.15) is 46.5 Å². The van der Waals surface area contributed by atoms with Crippen molar-refractivity contribution < 1.29 is 14.3 Å². The summed E-state index contributed by atoms with van der Waals surface area (Å²) >= 11 is 0. The molecule has 0 saturated heterocycles. The Labute approximate surface area is 80.4 Å². The van der Waals surface area contributed by atoms with Crippen molar-refractivity contribution in [2.24, 2.45) is 0 Å². The first-order chi connectivity index (χ1) is 6.33. The van der Waals surface area contributed by atoms with Crippen LogP contribution in [0.15, 0.2) is 0 Å². The third-order valence-corrected chi connectivity index (χ3v) is 1.83. The predicted molar refractivity (Wildman–Crippen MR) is 51.7 cm³/mol. The summed E-state index contributed by atoms with van der Waals surface area (Å²) < 4.78 is 9.63. The Kier molecular flexibility index (Phi) is 7.45. The van der Waals surface area contributed by atoms with Crippen molar-refractivity contribution in [3.63, 3.8) is 0 Å². The first kappa shape index (κ1) is 12.3. The zero-order valence-corrected chi connectivity index (χ0v) is 8.84. The van der Waals surface area contributed by atoms with Crippen LogP contribution in [0.25, 0.3) is 0 Å². The van der Waals surface area contributed by atoms with Gasteiger partial charge >= 0.3 is 6.16 Å². The Morgan fingerprint density at radius 1 is 1.31 bits per heavy atom. The number of ether oxygens (including phenoxy) is 2. The predicted octanol–water partition coefficient (Wildman–Crippen LogP) is 3.13. The van der Waals surface area contributed by atoms with E-state index in [-0.39, 0.29) is 6.10 Å². The molecule has 0 aromatic carbocycles. The SMILES string of the molecule is CC.CCOC(=O)OC1CCCC1. The molecule has 0 atom stereocenters. The summed E-state index contributed by atoms with van der Waals surface area (Å²) in [5, 5.41) is 0. The van der Waals surface area contributed by atoms with Gasteiger partial charge in [-0.2, -0.15) is 0 Å². The number of carbonyl (C=O) groups excluding carboxylic acids is 1. The Hall–Kier alpha value is -0.730. The topological polar surface area (TPSA) is 35.5 Å². The van der Waals surface area contributed by atoms with E-state index in [1.165, 1.54) is 12.8 Å². The maximum absolute atomic E-state index is 10.8. The van der Waals surface area contributed by atoms with E-state index in [2.05, 4.69) is 4.74 Å². The van der Waals surface area contributed by atoms with Crippen LogP contribution < -0.4 is 0 Å². The molecule has 78 valence electrons. The number of hydrogen-bond acceptors (Lipinski definition) is 3. The van der Waals surface area contributed by atoms with Crippen molar-refractivity contribution in [3.8, 4) is 0 Å². The smallest absolute Gasteiger partial charge is 0.435 e. The highest BCUT2D eigenvalue weighted by molar-refractivity contribution is 5.60. The molecule has 0 aromatic rings. The van der Waals surface area contributed by atoms with E-state index in [0.717, 1.165) is 12.8 Å². The summed E-state index contributed by atoms with van der Waals surface area (Å²) in [6.45, 7) is 6.17. The van der Waals surface area contributed by atoms with Crippen LogP contribution in [0.4, 0.5) is 4.79 Å². The second-order valence-corrected chi connectivity index (χ2v) is 2.71. The van der Waals surface area contributed by atoms with Crippen LogP contribution >= 0.6 is 0 Å². The molecule has 1 rings (SSSR count). The Bertz CT molecular complexity index is 128. The van der Waals surface area contributed by atoms with Gasteiger partial charge in [-0.25, -0.2) is 4.79 Å². The van der Waals surface area contributed by atoms with E-state index in [0.29, 0.717) is 6.61 Å². The summed E-state index contributed by atoms with van der Waals surface area (Å²) in [6.07, 6.45) is 3.94. The second-order valence-electron chi connectivity index (χ2n) is 2.71. The Morgan fingerprint density at radius 2 is 1.85 bits per heavy atom. The molecule has 0 radical (unpaired) electrons. The lowest BCUT2D eigenvalue weighted by atomic mass is 10.3. The van der Waals surface area contributed by atoms with E-state index in [1.54, 1.807) is 6.92 Å². The molecule has 13 heavy (non-hydrogen) atoms. The van der Waals surface area contributed by atoms with Gasteiger partial charge in [0, 0.05) is 0 Å². The molecule has 0 unspecified atom stereocenters. The molecule has 0 aromatic heterocycles. The molecule has 3 nitrogen and oxygen atoms in total. The average molecular weight is 188 g/mol. The van der Waals surface area contributed by atoms with Gasteiger partial charge in [0.15, 0.2) is 0 Å². The van der Waals surface area contributed by atoms with Crippen LogP contribution in [0.3, 0.4) is 0 Å². The van der Waals surface area contributed by atoms with Crippen molar-refractivity contribution >= 4 is 6.16 Å². The normalized spacial score (nSPS) is 15.9. The van der Waals surface area contributed by atoms with Crippen molar-refractivity contribution in [3.05, 3.63) is 0 Å². The van der Waals surface area contributed by atoms with Crippen LogP contribution in [0.5, 0.6) is 0 Å². The molecule has 1 aliphatic carbocycles. The zero-order chi connectivity index (χ0) is 10.1. The minimum Gasteiger partial charge on any atom is -0.435 e. The van der Waals surface area contributed by atoms with Gasteiger partial charge < -0.3 is 9.47 Å². The maximum Gasteiger partial charge on any atom is 0.508 e. The number of hydrogen-bond donors (Lipinski definition) is 0. The fourth-order valence-corrected chi connectivity index (χ4v) is 1.29. The quantitative estimate of drug-likeness (QED) is 0.624. The molecule has 0 heterocycles. The molecule has 0 bridgehead atoms. The second kappa shape index (κ2) is 7.90. The first-order valence-corrected chi connectivity index (χ1v) is 5.16. The summed E-state index contributed by atoms with van der Waals surface area (Å²) in [6, 6.07) is 0. The standard InChI is InChI=1S/C8H14O3.C2H6/c1-2-10-8(9)11-7-5-3-4-6-7;1-2/h7H,2-6H2,1H3;1-2H3. The minimum atomic E-state index is -0.514. The van der Waals surface area contributed by atoms with E-state index in [9.17, 15) is 4.79 Å². The Balaban J connectivity index is 0.000000671. The molecule has 3 heteroatoms. The molecule has 1 fully saturated rings. The molecule has 0 N–H and O–H groups in total. The van der Waals surface area contributed by atoms with Crippen molar-refractivity contribution in [2.45, 2.75) is 52.6 Å². The van der Waals surface area contributed by atoms with Gasteiger partial charge in [0.05, 0.1) is 6.61 Å². The number of carbonyl (C=O) groups is 1. The average Bonchev–Trinajstić information content (AvgIpc) is 2.61. The van der Waals surface area contributed by atoms with Crippen LogP contribution in [0, 0.1) is 0 Å². The molecular weight excluding hydrogens is 168 g/mol. The summed E-state index contributed by atoms with van der Waals surface area (Å²) in [5.74, 6) is 0. The van der Waals surface area contributed by atoms with E-state index >= 15 is 0 Å². The summed E-state index contributed by atoms with van der Waals surface area (Å²) in [7, 11) is 0. The highest BCUT2D eigenvalue weighted by atomic mass is 16.7. The molecule has 0 spiro atoms. The van der Waals surface area contributed by atoms with Gasteiger partial charge in [-0.15, -0.1) is 0 Å².